The molecule has 92 valence electrons. The molecule has 0 amide bonds. The molecule has 0 saturated carbocycles. The molecule has 0 bridgehead atoms. The molecule has 0 saturated heterocycles. The van der Waals surface area contributed by atoms with E-state index in [2.05, 4.69) is 38.1 Å². The van der Waals surface area contributed by atoms with E-state index in [1.54, 1.807) is 0 Å². The minimum Gasteiger partial charge on any atom is -0.309 e. The van der Waals surface area contributed by atoms with Crippen molar-refractivity contribution in [3.63, 3.8) is 0 Å². The number of nitrogens with one attached hydrogen (secondary N) is 1. The van der Waals surface area contributed by atoms with Gasteiger partial charge in [0.2, 0.25) is 0 Å². The van der Waals surface area contributed by atoms with Gasteiger partial charge in [-0.3, -0.25) is 4.68 Å². The molecular formula is C12H22ClN3. The van der Waals surface area contributed by atoms with Crippen LogP contribution in [0.15, 0.2) is 0 Å². The van der Waals surface area contributed by atoms with Crippen LogP contribution in [0.5, 0.6) is 0 Å². The first-order valence-electron chi connectivity index (χ1n) is 6.11. The van der Waals surface area contributed by atoms with Crippen molar-refractivity contribution in [3.05, 3.63) is 16.4 Å². The van der Waals surface area contributed by atoms with Gasteiger partial charge in [0.05, 0.1) is 16.4 Å². The molecule has 1 rings (SSSR count). The lowest BCUT2D eigenvalue weighted by atomic mass is 10.2. The SMILES string of the molecule is CCc1nn(CC)c(CNC(C)CC)c1Cl. The number of hydrogen-bond acceptors (Lipinski definition) is 2. The molecule has 0 aliphatic rings. The Morgan fingerprint density at radius 2 is 2.06 bits per heavy atom. The minimum absolute atomic E-state index is 0.515. The Labute approximate surface area is 103 Å². The Morgan fingerprint density at radius 1 is 1.38 bits per heavy atom. The molecule has 1 atom stereocenters. The van der Waals surface area contributed by atoms with Crippen molar-refractivity contribution in [3.8, 4) is 0 Å². The second-order valence-electron chi connectivity index (χ2n) is 4.07. The highest BCUT2D eigenvalue weighted by atomic mass is 35.5. The third-order valence-corrected chi connectivity index (χ3v) is 3.36. The zero-order valence-corrected chi connectivity index (χ0v) is 11.4. The van der Waals surface area contributed by atoms with E-state index < -0.39 is 0 Å². The van der Waals surface area contributed by atoms with Crippen LogP contribution in [-0.2, 0) is 19.5 Å². The summed E-state index contributed by atoms with van der Waals surface area (Å²) in [6.07, 6.45) is 2.01. The summed E-state index contributed by atoms with van der Waals surface area (Å²) in [7, 11) is 0. The first kappa shape index (κ1) is 13.5. The van der Waals surface area contributed by atoms with Crippen molar-refractivity contribution in [1.82, 2.24) is 15.1 Å². The Morgan fingerprint density at radius 3 is 2.56 bits per heavy atom. The maximum atomic E-state index is 6.31. The molecule has 4 heteroatoms. The normalized spacial score (nSPS) is 13.1. The highest BCUT2D eigenvalue weighted by Gasteiger charge is 2.14. The third kappa shape index (κ3) is 2.98. The Kier molecular flexibility index (Phi) is 5.29. The van der Waals surface area contributed by atoms with Crippen LogP contribution in [0.4, 0.5) is 0 Å². The van der Waals surface area contributed by atoms with Crippen molar-refractivity contribution in [2.45, 2.75) is 59.7 Å². The van der Waals surface area contributed by atoms with Crippen molar-refractivity contribution >= 4 is 11.6 Å². The van der Waals surface area contributed by atoms with Gasteiger partial charge in [-0.2, -0.15) is 5.10 Å². The van der Waals surface area contributed by atoms with E-state index in [1.807, 2.05) is 4.68 Å². The summed E-state index contributed by atoms with van der Waals surface area (Å²) in [5.74, 6) is 0. The molecule has 3 nitrogen and oxygen atoms in total. The summed E-state index contributed by atoms with van der Waals surface area (Å²) in [6.45, 7) is 10.2. The standard InChI is InChI=1S/C12H22ClN3/c1-5-9(4)14-8-11-12(13)10(6-2)15-16(11)7-3/h9,14H,5-8H2,1-4H3. The Bertz CT molecular complexity index is 333. The van der Waals surface area contributed by atoms with Crippen LogP contribution in [0.25, 0.3) is 0 Å². The van der Waals surface area contributed by atoms with E-state index in [9.17, 15) is 0 Å². The van der Waals surface area contributed by atoms with Crippen molar-refractivity contribution in [2.24, 2.45) is 0 Å². The highest BCUT2D eigenvalue weighted by molar-refractivity contribution is 6.31. The van der Waals surface area contributed by atoms with E-state index in [0.717, 1.165) is 42.3 Å². The van der Waals surface area contributed by atoms with E-state index in [4.69, 9.17) is 11.6 Å². The van der Waals surface area contributed by atoms with Crippen molar-refractivity contribution in [1.29, 1.82) is 0 Å². The topological polar surface area (TPSA) is 29.9 Å². The van der Waals surface area contributed by atoms with Crippen molar-refractivity contribution in [2.75, 3.05) is 0 Å². The molecule has 0 fully saturated rings. The molecule has 1 aromatic rings. The predicted molar refractivity (Wildman–Crippen MR) is 68.9 cm³/mol. The zero-order chi connectivity index (χ0) is 12.1. The predicted octanol–water partition coefficient (Wildman–Crippen LogP) is 3.01. The molecule has 1 aromatic heterocycles. The molecule has 1 N–H and O–H groups in total. The number of halogens is 1. The maximum absolute atomic E-state index is 6.31. The molecule has 0 radical (unpaired) electrons. The van der Waals surface area contributed by atoms with Gasteiger partial charge in [0.25, 0.3) is 0 Å². The third-order valence-electron chi connectivity index (χ3n) is 2.92. The summed E-state index contributed by atoms with van der Waals surface area (Å²) < 4.78 is 2.00. The van der Waals surface area contributed by atoms with Gasteiger partial charge in [0.1, 0.15) is 0 Å². The molecular weight excluding hydrogens is 222 g/mol. The molecule has 0 aliphatic heterocycles. The summed E-state index contributed by atoms with van der Waals surface area (Å²) in [6, 6.07) is 0.515. The summed E-state index contributed by atoms with van der Waals surface area (Å²) >= 11 is 6.31. The molecule has 0 aromatic carbocycles. The van der Waals surface area contributed by atoms with Crippen LogP contribution < -0.4 is 5.32 Å². The first-order chi connectivity index (χ1) is 7.63. The molecule has 0 spiro atoms. The highest BCUT2D eigenvalue weighted by Crippen LogP contribution is 2.21. The second kappa shape index (κ2) is 6.26. The maximum Gasteiger partial charge on any atom is 0.0863 e. The van der Waals surface area contributed by atoms with Gasteiger partial charge in [-0.1, -0.05) is 25.4 Å². The number of hydrogen-bond donors (Lipinski definition) is 1. The fraction of sp³-hybridized carbons (Fsp3) is 0.750. The summed E-state index contributed by atoms with van der Waals surface area (Å²) in [5, 5.41) is 8.78. The largest absolute Gasteiger partial charge is 0.309 e. The number of rotatable bonds is 6. The minimum atomic E-state index is 0.515. The van der Waals surface area contributed by atoms with Crippen LogP contribution in [0.1, 0.15) is 45.5 Å². The monoisotopic (exact) mass is 243 g/mol. The fourth-order valence-electron chi connectivity index (χ4n) is 1.60. The van der Waals surface area contributed by atoms with Gasteiger partial charge >= 0.3 is 0 Å². The van der Waals surface area contributed by atoms with Crippen LogP contribution in [0, 0.1) is 0 Å². The van der Waals surface area contributed by atoms with Gasteiger partial charge in [0, 0.05) is 19.1 Å². The molecule has 16 heavy (non-hydrogen) atoms. The smallest absolute Gasteiger partial charge is 0.0863 e. The lowest BCUT2D eigenvalue weighted by Crippen LogP contribution is -2.26. The van der Waals surface area contributed by atoms with Crippen LogP contribution in [0.2, 0.25) is 5.02 Å². The van der Waals surface area contributed by atoms with E-state index >= 15 is 0 Å². The van der Waals surface area contributed by atoms with Gasteiger partial charge in [-0.25, -0.2) is 0 Å². The zero-order valence-electron chi connectivity index (χ0n) is 10.7. The van der Waals surface area contributed by atoms with E-state index in [-0.39, 0.29) is 0 Å². The Balaban J connectivity index is 2.80. The van der Waals surface area contributed by atoms with Crippen LogP contribution in [0.3, 0.4) is 0 Å². The van der Waals surface area contributed by atoms with Crippen molar-refractivity contribution < 1.29 is 0 Å². The first-order valence-corrected chi connectivity index (χ1v) is 6.49. The average Bonchev–Trinajstić information content (AvgIpc) is 2.62. The number of nitrogens with zero attached hydrogens (tertiary/aromatic N) is 2. The van der Waals surface area contributed by atoms with Crippen LogP contribution in [-0.4, -0.2) is 15.8 Å². The van der Waals surface area contributed by atoms with E-state index in [1.165, 1.54) is 0 Å². The van der Waals surface area contributed by atoms with E-state index in [0.29, 0.717) is 6.04 Å². The molecule has 0 aliphatic carbocycles. The molecule has 1 unspecified atom stereocenters. The average molecular weight is 244 g/mol. The summed E-state index contributed by atoms with van der Waals surface area (Å²) in [4.78, 5) is 0. The fourth-order valence-corrected chi connectivity index (χ4v) is 1.94. The quantitative estimate of drug-likeness (QED) is 0.833. The summed E-state index contributed by atoms with van der Waals surface area (Å²) in [5.41, 5.74) is 2.12. The second-order valence-corrected chi connectivity index (χ2v) is 4.44. The van der Waals surface area contributed by atoms with Gasteiger partial charge < -0.3 is 5.32 Å². The van der Waals surface area contributed by atoms with Gasteiger partial charge in [0.15, 0.2) is 0 Å². The Hall–Kier alpha value is -0.540. The molecule has 1 heterocycles. The number of aryl methyl sites for hydroxylation is 2. The lowest BCUT2D eigenvalue weighted by molar-refractivity contribution is 0.506. The van der Waals surface area contributed by atoms with Gasteiger partial charge in [-0.15, -0.1) is 0 Å². The van der Waals surface area contributed by atoms with Gasteiger partial charge in [-0.05, 0) is 26.7 Å². The lowest BCUT2D eigenvalue weighted by Gasteiger charge is -2.12. The van der Waals surface area contributed by atoms with Crippen LogP contribution >= 0.6 is 11.6 Å². The number of aromatic nitrogens is 2.